The van der Waals surface area contributed by atoms with Gasteiger partial charge in [0.2, 0.25) is 0 Å². The van der Waals surface area contributed by atoms with Gasteiger partial charge in [-0.2, -0.15) is 5.21 Å². The van der Waals surface area contributed by atoms with Crippen molar-refractivity contribution in [3.05, 3.63) is 34.9 Å². The van der Waals surface area contributed by atoms with Crippen LogP contribution in [0.2, 0.25) is 5.02 Å². The van der Waals surface area contributed by atoms with Crippen molar-refractivity contribution < 1.29 is 0 Å². The largest absolute Gasteiger partial charge is 0.288 e. The molecule has 0 saturated carbocycles. The number of halogens is 1. The van der Waals surface area contributed by atoms with Gasteiger partial charge in [0.15, 0.2) is 0 Å². The van der Waals surface area contributed by atoms with Crippen LogP contribution in [0.5, 0.6) is 0 Å². The number of hydrogen-bond acceptors (Lipinski definition) is 4. The number of aliphatic imine (C=N–C) groups is 1. The lowest BCUT2D eigenvalue weighted by Crippen LogP contribution is -1.79. The minimum Gasteiger partial charge on any atom is -0.216 e. The van der Waals surface area contributed by atoms with Crippen LogP contribution in [0.3, 0.4) is 0 Å². The standard InChI is InChI=1S/C8H6ClN5/c9-7-3-1-6(2-4-7)5-10-8-11-13-14-12-8/h1-5H,(H,11,12,13,14)/b10-5+. The zero-order valence-corrected chi connectivity index (χ0v) is 7.81. The summed E-state index contributed by atoms with van der Waals surface area (Å²) < 4.78 is 0. The van der Waals surface area contributed by atoms with Crippen molar-refractivity contribution in [1.29, 1.82) is 0 Å². The smallest absolute Gasteiger partial charge is 0.216 e. The van der Waals surface area contributed by atoms with E-state index in [0.29, 0.717) is 11.0 Å². The Morgan fingerprint density at radius 2 is 2.07 bits per heavy atom. The molecule has 0 atom stereocenters. The average molecular weight is 208 g/mol. The molecule has 1 heterocycles. The van der Waals surface area contributed by atoms with Crippen molar-refractivity contribution in [2.75, 3.05) is 0 Å². The first kappa shape index (κ1) is 8.83. The molecule has 14 heavy (non-hydrogen) atoms. The highest BCUT2D eigenvalue weighted by Crippen LogP contribution is 2.08. The number of nitrogens with zero attached hydrogens (tertiary/aromatic N) is 4. The lowest BCUT2D eigenvalue weighted by Gasteiger charge is -1.90. The third-order valence-electron chi connectivity index (χ3n) is 1.53. The van der Waals surface area contributed by atoms with Crippen LogP contribution in [0, 0.1) is 0 Å². The fourth-order valence-corrected chi connectivity index (χ4v) is 1.02. The SMILES string of the molecule is Clc1ccc(/C=N/c2nn[nH]n2)cc1. The van der Waals surface area contributed by atoms with Gasteiger partial charge in [0, 0.05) is 11.2 Å². The summed E-state index contributed by atoms with van der Waals surface area (Å²) in [4.78, 5) is 3.98. The summed E-state index contributed by atoms with van der Waals surface area (Å²) in [6.45, 7) is 0. The third kappa shape index (κ3) is 2.14. The van der Waals surface area contributed by atoms with E-state index in [0.717, 1.165) is 5.56 Å². The van der Waals surface area contributed by atoms with Gasteiger partial charge in [-0.25, -0.2) is 4.99 Å². The lowest BCUT2D eigenvalue weighted by molar-refractivity contribution is 0.881. The van der Waals surface area contributed by atoms with Gasteiger partial charge in [-0.15, -0.1) is 5.10 Å². The van der Waals surface area contributed by atoms with E-state index in [1.165, 1.54) is 0 Å². The van der Waals surface area contributed by atoms with Crippen molar-refractivity contribution in [2.24, 2.45) is 4.99 Å². The topological polar surface area (TPSA) is 66.8 Å². The van der Waals surface area contributed by atoms with E-state index in [1.54, 1.807) is 18.3 Å². The molecule has 0 aliphatic rings. The molecule has 0 saturated heterocycles. The predicted octanol–water partition coefficient (Wildman–Crippen LogP) is 1.60. The van der Waals surface area contributed by atoms with Gasteiger partial charge < -0.3 is 0 Å². The number of tetrazole rings is 1. The third-order valence-corrected chi connectivity index (χ3v) is 1.79. The number of hydrogen-bond donors (Lipinski definition) is 1. The summed E-state index contributed by atoms with van der Waals surface area (Å²) in [6, 6.07) is 7.29. The molecule has 70 valence electrons. The van der Waals surface area contributed by atoms with Gasteiger partial charge in [-0.05, 0) is 22.9 Å². The summed E-state index contributed by atoms with van der Waals surface area (Å²) in [5.41, 5.74) is 0.930. The van der Waals surface area contributed by atoms with Gasteiger partial charge in [0.25, 0.3) is 5.95 Å². The Hall–Kier alpha value is -1.75. The van der Waals surface area contributed by atoms with Crippen LogP contribution < -0.4 is 0 Å². The van der Waals surface area contributed by atoms with E-state index in [1.807, 2.05) is 12.1 Å². The van der Waals surface area contributed by atoms with Crippen molar-refractivity contribution in [3.63, 3.8) is 0 Å². The lowest BCUT2D eigenvalue weighted by atomic mass is 10.2. The van der Waals surface area contributed by atoms with Crippen molar-refractivity contribution in [1.82, 2.24) is 20.6 Å². The Bertz CT molecular complexity index is 420. The second kappa shape index (κ2) is 3.97. The number of aromatic amines is 1. The number of aromatic nitrogens is 4. The van der Waals surface area contributed by atoms with Crippen molar-refractivity contribution >= 4 is 23.8 Å². The maximum atomic E-state index is 5.73. The normalized spacial score (nSPS) is 10.9. The Kier molecular flexibility index (Phi) is 2.51. The van der Waals surface area contributed by atoms with E-state index >= 15 is 0 Å². The summed E-state index contributed by atoms with van der Waals surface area (Å²) in [5.74, 6) is 0.306. The zero-order chi connectivity index (χ0) is 9.80. The predicted molar refractivity (Wildman–Crippen MR) is 52.9 cm³/mol. The molecule has 0 bridgehead atoms. The Balaban J connectivity index is 2.15. The molecule has 1 aromatic carbocycles. The Morgan fingerprint density at radius 1 is 1.29 bits per heavy atom. The molecular weight excluding hydrogens is 202 g/mol. The van der Waals surface area contributed by atoms with Gasteiger partial charge in [0.05, 0.1) is 0 Å². The first-order valence-electron chi connectivity index (χ1n) is 3.88. The Morgan fingerprint density at radius 3 is 2.71 bits per heavy atom. The van der Waals surface area contributed by atoms with Crippen LogP contribution in [0.1, 0.15) is 5.56 Å². The molecule has 0 fully saturated rings. The maximum Gasteiger partial charge on any atom is 0.288 e. The average Bonchev–Trinajstić information content (AvgIpc) is 2.70. The molecule has 0 aliphatic heterocycles. The van der Waals surface area contributed by atoms with Gasteiger partial charge in [-0.3, -0.25) is 0 Å². The highest BCUT2D eigenvalue weighted by molar-refractivity contribution is 6.30. The van der Waals surface area contributed by atoms with Crippen LogP contribution in [0.15, 0.2) is 29.3 Å². The Labute approximate surface area is 84.8 Å². The number of H-pyrrole nitrogens is 1. The molecule has 0 spiro atoms. The van der Waals surface area contributed by atoms with E-state index in [9.17, 15) is 0 Å². The molecule has 6 heteroatoms. The monoisotopic (exact) mass is 207 g/mol. The molecular formula is C8H6ClN5. The van der Waals surface area contributed by atoms with E-state index in [-0.39, 0.29) is 0 Å². The zero-order valence-electron chi connectivity index (χ0n) is 7.05. The molecule has 0 radical (unpaired) electrons. The molecule has 0 aliphatic carbocycles. The van der Waals surface area contributed by atoms with Crippen LogP contribution in [-0.4, -0.2) is 26.8 Å². The fourth-order valence-electron chi connectivity index (χ4n) is 0.892. The summed E-state index contributed by atoms with van der Waals surface area (Å²) in [5, 5.41) is 13.7. The molecule has 2 rings (SSSR count). The molecule has 5 nitrogen and oxygen atoms in total. The summed E-state index contributed by atoms with van der Waals surface area (Å²) in [6.07, 6.45) is 1.64. The molecule has 1 aromatic heterocycles. The first-order valence-corrected chi connectivity index (χ1v) is 4.25. The summed E-state index contributed by atoms with van der Waals surface area (Å²) in [7, 11) is 0. The maximum absolute atomic E-state index is 5.73. The van der Waals surface area contributed by atoms with Crippen molar-refractivity contribution in [2.45, 2.75) is 0 Å². The van der Waals surface area contributed by atoms with Crippen LogP contribution in [0.25, 0.3) is 0 Å². The molecule has 0 amide bonds. The van der Waals surface area contributed by atoms with Gasteiger partial charge in [-0.1, -0.05) is 28.8 Å². The number of benzene rings is 1. The molecule has 0 unspecified atom stereocenters. The van der Waals surface area contributed by atoms with E-state index < -0.39 is 0 Å². The first-order chi connectivity index (χ1) is 6.84. The second-order valence-corrected chi connectivity index (χ2v) is 2.96. The van der Waals surface area contributed by atoms with Crippen molar-refractivity contribution in [3.8, 4) is 0 Å². The van der Waals surface area contributed by atoms with E-state index in [2.05, 4.69) is 25.6 Å². The highest BCUT2D eigenvalue weighted by atomic mass is 35.5. The van der Waals surface area contributed by atoms with Crippen LogP contribution in [-0.2, 0) is 0 Å². The van der Waals surface area contributed by atoms with Crippen LogP contribution in [0.4, 0.5) is 5.95 Å². The number of nitrogens with one attached hydrogen (secondary N) is 1. The summed E-state index contributed by atoms with van der Waals surface area (Å²) >= 11 is 5.73. The van der Waals surface area contributed by atoms with Gasteiger partial charge >= 0.3 is 0 Å². The second-order valence-electron chi connectivity index (χ2n) is 2.52. The quantitative estimate of drug-likeness (QED) is 0.761. The molecule has 1 N–H and O–H groups in total. The highest BCUT2D eigenvalue weighted by Gasteiger charge is 1.92. The molecule has 2 aromatic rings. The minimum atomic E-state index is 0.306. The fraction of sp³-hybridized carbons (Fsp3) is 0. The number of rotatable bonds is 2. The van der Waals surface area contributed by atoms with E-state index in [4.69, 9.17) is 11.6 Å². The minimum absolute atomic E-state index is 0.306. The van der Waals surface area contributed by atoms with Gasteiger partial charge in [0.1, 0.15) is 0 Å². The van der Waals surface area contributed by atoms with Crippen LogP contribution >= 0.6 is 11.6 Å².